The summed E-state index contributed by atoms with van der Waals surface area (Å²) in [6.45, 7) is 0. The fraction of sp³-hybridized carbons (Fsp3) is 0.0667. The molecule has 1 N–H and O–H groups in total. The largest absolute Gasteiger partial charge is 0.573 e. The van der Waals surface area contributed by atoms with E-state index in [4.69, 9.17) is 0 Å². The summed E-state index contributed by atoms with van der Waals surface area (Å²) < 4.78 is 41.1. The number of aromatic nitrogens is 1. The molecule has 0 saturated carbocycles. The molecule has 6 heteroatoms. The van der Waals surface area contributed by atoms with Crippen molar-refractivity contribution in [3.63, 3.8) is 0 Å². The monoisotopic (exact) mass is 355 g/mol. The van der Waals surface area contributed by atoms with Gasteiger partial charge >= 0.3 is 6.36 Å². The van der Waals surface area contributed by atoms with E-state index >= 15 is 0 Å². The van der Waals surface area contributed by atoms with Gasteiger partial charge < -0.3 is 9.72 Å². The second-order valence-corrected chi connectivity index (χ2v) is 5.40. The van der Waals surface area contributed by atoms with Gasteiger partial charge in [0, 0.05) is 21.1 Å². The number of ether oxygens (including phenoxy) is 1. The zero-order chi connectivity index (χ0) is 15.0. The van der Waals surface area contributed by atoms with Crippen LogP contribution in [0.3, 0.4) is 0 Å². The summed E-state index contributed by atoms with van der Waals surface area (Å²) in [5, 5.41) is 1.02. The molecule has 0 saturated heterocycles. The Balaban J connectivity index is 1.91. The van der Waals surface area contributed by atoms with E-state index in [1.807, 2.05) is 24.3 Å². The molecule has 21 heavy (non-hydrogen) atoms. The Kier molecular flexibility index (Phi) is 3.41. The van der Waals surface area contributed by atoms with E-state index in [0.717, 1.165) is 26.6 Å². The molecular weight excluding hydrogens is 347 g/mol. The number of benzene rings is 2. The lowest BCUT2D eigenvalue weighted by molar-refractivity contribution is -0.274. The number of alkyl halides is 3. The molecule has 0 aliphatic heterocycles. The summed E-state index contributed by atoms with van der Waals surface area (Å²) in [6.07, 6.45) is -4.67. The van der Waals surface area contributed by atoms with Gasteiger partial charge in [-0.25, -0.2) is 0 Å². The molecule has 2 aromatic carbocycles. The Bertz CT molecular complexity index is 778. The minimum absolute atomic E-state index is 0.231. The van der Waals surface area contributed by atoms with Crippen LogP contribution >= 0.6 is 15.9 Å². The highest BCUT2D eigenvalue weighted by atomic mass is 79.9. The Morgan fingerprint density at radius 3 is 2.33 bits per heavy atom. The number of aromatic amines is 1. The Hall–Kier alpha value is -1.95. The molecule has 0 atom stereocenters. The SMILES string of the molecule is FC(F)(F)Oc1ccc(-c2cc3cc(Br)ccc3[nH]2)cc1. The third kappa shape index (κ3) is 3.21. The molecule has 0 fully saturated rings. The number of hydrogen-bond acceptors (Lipinski definition) is 1. The Labute approximate surface area is 126 Å². The molecule has 0 bridgehead atoms. The second-order valence-electron chi connectivity index (χ2n) is 4.49. The van der Waals surface area contributed by atoms with E-state index < -0.39 is 6.36 Å². The number of fused-ring (bicyclic) bond motifs is 1. The highest BCUT2D eigenvalue weighted by Gasteiger charge is 2.30. The van der Waals surface area contributed by atoms with E-state index in [0.29, 0.717) is 0 Å². The minimum atomic E-state index is -4.67. The fourth-order valence-electron chi connectivity index (χ4n) is 2.10. The first-order chi connectivity index (χ1) is 9.90. The van der Waals surface area contributed by atoms with Gasteiger partial charge in [-0.15, -0.1) is 13.2 Å². The van der Waals surface area contributed by atoms with E-state index in [2.05, 4.69) is 25.7 Å². The number of hydrogen-bond donors (Lipinski definition) is 1. The molecule has 3 rings (SSSR count). The van der Waals surface area contributed by atoms with Gasteiger partial charge in [0.1, 0.15) is 5.75 Å². The van der Waals surface area contributed by atoms with Crippen molar-refractivity contribution in [1.82, 2.24) is 4.98 Å². The number of rotatable bonds is 2. The lowest BCUT2D eigenvalue weighted by Gasteiger charge is -2.08. The van der Waals surface area contributed by atoms with Gasteiger partial charge in [-0.3, -0.25) is 0 Å². The lowest BCUT2D eigenvalue weighted by atomic mass is 10.1. The van der Waals surface area contributed by atoms with Crippen LogP contribution in [-0.4, -0.2) is 11.3 Å². The Morgan fingerprint density at radius 1 is 0.952 bits per heavy atom. The molecule has 0 aliphatic carbocycles. The van der Waals surface area contributed by atoms with Gasteiger partial charge in [-0.05, 0) is 54.1 Å². The van der Waals surface area contributed by atoms with Crippen molar-refractivity contribution < 1.29 is 17.9 Å². The summed E-state index contributed by atoms with van der Waals surface area (Å²) in [6, 6.07) is 13.5. The zero-order valence-corrected chi connectivity index (χ0v) is 12.1. The van der Waals surface area contributed by atoms with E-state index in [9.17, 15) is 13.2 Å². The predicted octanol–water partition coefficient (Wildman–Crippen LogP) is 5.50. The van der Waals surface area contributed by atoms with Crippen LogP contribution in [0.4, 0.5) is 13.2 Å². The van der Waals surface area contributed by atoms with E-state index in [-0.39, 0.29) is 5.75 Å². The molecule has 0 aliphatic rings. The highest BCUT2D eigenvalue weighted by Crippen LogP contribution is 2.29. The van der Waals surface area contributed by atoms with E-state index in [1.54, 1.807) is 12.1 Å². The van der Waals surface area contributed by atoms with Crippen LogP contribution in [-0.2, 0) is 0 Å². The molecule has 3 aromatic rings. The Morgan fingerprint density at radius 2 is 1.67 bits per heavy atom. The van der Waals surface area contributed by atoms with Gasteiger partial charge in [0.05, 0.1) is 0 Å². The summed E-state index contributed by atoms with van der Waals surface area (Å²) >= 11 is 3.40. The van der Waals surface area contributed by atoms with Crippen LogP contribution < -0.4 is 4.74 Å². The van der Waals surface area contributed by atoms with Crippen molar-refractivity contribution in [2.75, 3.05) is 0 Å². The van der Waals surface area contributed by atoms with E-state index in [1.165, 1.54) is 12.1 Å². The fourth-order valence-corrected chi connectivity index (χ4v) is 2.47. The van der Waals surface area contributed by atoms with Crippen LogP contribution in [0, 0.1) is 0 Å². The average molecular weight is 356 g/mol. The molecule has 2 nitrogen and oxygen atoms in total. The van der Waals surface area contributed by atoms with Gasteiger partial charge in [0.15, 0.2) is 0 Å². The normalized spacial score (nSPS) is 11.8. The van der Waals surface area contributed by atoms with Gasteiger partial charge in [0.2, 0.25) is 0 Å². The van der Waals surface area contributed by atoms with Gasteiger partial charge in [0.25, 0.3) is 0 Å². The summed E-state index contributed by atoms with van der Waals surface area (Å²) in [4.78, 5) is 3.22. The summed E-state index contributed by atoms with van der Waals surface area (Å²) in [5.74, 6) is -0.231. The molecule has 0 spiro atoms. The third-order valence-corrected chi connectivity index (χ3v) is 3.47. The van der Waals surface area contributed by atoms with Crippen molar-refractivity contribution in [2.24, 2.45) is 0 Å². The summed E-state index contributed by atoms with van der Waals surface area (Å²) in [7, 11) is 0. The molecular formula is C15H9BrF3NO. The smallest absolute Gasteiger partial charge is 0.406 e. The number of H-pyrrole nitrogens is 1. The molecule has 0 amide bonds. The first-order valence-electron chi connectivity index (χ1n) is 6.05. The lowest BCUT2D eigenvalue weighted by Crippen LogP contribution is -2.16. The molecule has 108 valence electrons. The first kappa shape index (κ1) is 14.0. The molecule has 0 unspecified atom stereocenters. The van der Waals surface area contributed by atoms with Crippen LogP contribution in [0.1, 0.15) is 0 Å². The van der Waals surface area contributed by atoms with Crippen molar-refractivity contribution >= 4 is 26.8 Å². The maximum absolute atomic E-state index is 12.1. The van der Waals surface area contributed by atoms with Crippen molar-refractivity contribution in [2.45, 2.75) is 6.36 Å². The molecule has 0 radical (unpaired) electrons. The third-order valence-electron chi connectivity index (χ3n) is 2.98. The van der Waals surface area contributed by atoms with Crippen molar-refractivity contribution in [1.29, 1.82) is 0 Å². The maximum Gasteiger partial charge on any atom is 0.573 e. The number of halogens is 4. The van der Waals surface area contributed by atoms with Crippen LogP contribution in [0.15, 0.2) is 53.0 Å². The molecule has 1 aromatic heterocycles. The number of nitrogens with one attached hydrogen (secondary N) is 1. The van der Waals surface area contributed by atoms with Crippen molar-refractivity contribution in [3.05, 3.63) is 53.0 Å². The second kappa shape index (κ2) is 5.11. The minimum Gasteiger partial charge on any atom is -0.406 e. The first-order valence-corrected chi connectivity index (χ1v) is 6.84. The van der Waals surface area contributed by atoms with Crippen molar-refractivity contribution in [3.8, 4) is 17.0 Å². The average Bonchev–Trinajstić information content (AvgIpc) is 2.80. The standard InChI is InChI=1S/C15H9BrF3NO/c16-11-3-6-13-10(7-11)8-14(20-13)9-1-4-12(5-2-9)21-15(17,18)19/h1-8,20H. The van der Waals surface area contributed by atoms with Gasteiger partial charge in [-0.1, -0.05) is 15.9 Å². The van der Waals surface area contributed by atoms with Gasteiger partial charge in [-0.2, -0.15) is 0 Å². The topological polar surface area (TPSA) is 25.0 Å². The highest BCUT2D eigenvalue weighted by molar-refractivity contribution is 9.10. The van der Waals surface area contributed by atoms with Crippen LogP contribution in [0.25, 0.3) is 22.2 Å². The predicted molar refractivity (Wildman–Crippen MR) is 78.1 cm³/mol. The summed E-state index contributed by atoms with van der Waals surface area (Å²) in [5.41, 5.74) is 2.59. The maximum atomic E-state index is 12.1. The quantitative estimate of drug-likeness (QED) is 0.645. The van der Waals surface area contributed by atoms with Crippen LogP contribution in [0.2, 0.25) is 0 Å². The van der Waals surface area contributed by atoms with Crippen LogP contribution in [0.5, 0.6) is 5.75 Å². The zero-order valence-electron chi connectivity index (χ0n) is 10.5. The molecule has 1 heterocycles.